The molecule has 3 rings (SSSR count). The molecule has 1 aliphatic heterocycles. The molecule has 2 aromatic carbocycles. The van der Waals surface area contributed by atoms with Crippen molar-refractivity contribution >= 4 is 37.5 Å². The third-order valence-electron chi connectivity index (χ3n) is 4.40. The van der Waals surface area contributed by atoms with Gasteiger partial charge in [0.05, 0.1) is 16.5 Å². The van der Waals surface area contributed by atoms with Gasteiger partial charge in [-0.3, -0.25) is 4.79 Å². The summed E-state index contributed by atoms with van der Waals surface area (Å²) in [7, 11) is -3.72. The standard InChI is InChI=1S/C18H17BrF2N2O3S/c19-13-3-6-15(7-4-13)27(25,26)23-9-1-2-12(11-23)18(24)22-17-8-5-14(20)10-16(17)21/h3-8,10,12H,1-2,9,11H2,(H,22,24)/t12-/m0/s1. The van der Waals surface area contributed by atoms with E-state index in [1.165, 1.54) is 16.4 Å². The number of hydrogen-bond donors (Lipinski definition) is 1. The van der Waals surface area contributed by atoms with Crippen molar-refractivity contribution in [3.63, 3.8) is 0 Å². The zero-order valence-electron chi connectivity index (χ0n) is 14.2. The second-order valence-electron chi connectivity index (χ2n) is 6.27. The molecule has 1 saturated heterocycles. The van der Waals surface area contributed by atoms with Crippen LogP contribution in [0.25, 0.3) is 0 Å². The van der Waals surface area contributed by atoms with E-state index in [0.29, 0.717) is 25.5 Å². The molecule has 27 heavy (non-hydrogen) atoms. The highest BCUT2D eigenvalue weighted by atomic mass is 79.9. The number of piperidine rings is 1. The highest BCUT2D eigenvalue weighted by Crippen LogP contribution is 2.26. The Bertz CT molecular complexity index is 952. The van der Waals surface area contributed by atoms with Gasteiger partial charge in [-0.05, 0) is 49.2 Å². The zero-order chi connectivity index (χ0) is 19.6. The highest BCUT2D eigenvalue weighted by Gasteiger charge is 2.33. The Balaban J connectivity index is 1.73. The second kappa shape index (κ2) is 8.04. The van der Waals surface area contributed by atoms with Crippen molar-refractivity contribution in [2.24, 2.45) is 5.92 Å². The summed E-state index contributed by atoms with van der Waals surface area (Å²) in [5.74, 6) is -2.72. The molecule has 0 spiro atoms. The van der Waals surface area contributed by atoms with Gasteiger partial charge < -0.3 is 5.32 Å². The Morgan fingerprint density at radius 2 is 1.85 bits per heavy atom. The summed E-state index contributed by atoms with van der Waals surface area (Å²) in [5, 5.41) is 2.42. The molecular formula is C18H17BrF2N2O3S. The number of sulfonamides is 1. The van der Waals surface area contributed by atoms with E-state index in [2.05, 4.69) is 21.2 Å². The smallest absolute Gasteiger partial charge is 0.243 e. The average Bonchev–Trinajstić information content (AvgIpc) is 2.64. The van der Waals surface area contributed by atoms with Crippen LogP contribution in [0.4, 0.5) is 14.5 Å². The predicted molar refractivity (Wildman–Crippen MR) is 101 cm³/mol. The molecule has 1 heterocycles. The molecule has 9 heteroatoms. The van der Waals surface area contributed by atoms with Crippen LogP contribution in [0.1, 0.15) is 12.8 Å². The molecule has 1 N–H and O–H groups in total. The SMILES string of the molecule is O=C(Nc1ccc(F)cc1F)[C@H]1CCCN(S(=O)(=O)c2ccc(Br)cc2)C1. The maximum atomic E-state index is 13.7. The summed E-state index contributed by atoms with van der Waals surface area (Å²) in [6.07, 6.45) is 1.00. The number of anilines is 1. The first kappa shape index (κ1) is 19.9. The van der Waals surface area contributed by atoms with Gasteiger partial charge in [0, 0.05) is 23.6 Å². The Labute approximate surface area is 164 Å². The van der Waals surface area contributed by atoms with E-state index < -0.39 is 33.5 Å². The van der Waals surface area contributed by atoms with Crippen LogP contribution in [0.15, 0.2) is 51.8 Å². The van der Waals surface area contributed by atoms with Gasteiger partial charge in [-0.15, -0.1) is 0 Å². The van der Waals surface area contributed by atoms with Crippen molar-refractivity contribution in [3.8, 4) is 0 Å². The fourth-order valence-corrected chi connectivity index (χ4v) is 4.74. The topological polar surface area (TPSA) is 66.5 Å². The van der Waals surface area contributed by atoms with Crippen LogP contribution in [-0.2, 0) is 14.8 Å². The number of hydrogen-bond acceptors (Lipinski definition) is 3. The number of carbonyl (C=O) groups excluding carboxylic acids is 1. The lowest BCUT2D eigenvalue weighted by Crippen LogP contribution is -2.43. The van der Waals surface area contributed by atoms with E-state index in [9.17, 15) is 22.0 Å². The number of carbonyl (C=O) groups is 1. The van der Waals surface area contributed by atoms with Gasteiger partial charge in [0.1, 0.15) is 11.6 Å². The van der Waals surface area contributed by atoms with E-state index in [4.69, 9.17) is 0 Å². The number of halogens is 3. The van der Waals surface area contributed by atoms with Gasteiger partial charge >= 0.3 is 0 Å². The molecule has 1 aliphatic rings. The molecule has 0 radical (unpaired) electrons. The van der Waals surface area contributed by atoms with Crippen molar-refractivity contribution < 1.29 is 22.0 Å². The highest BCUT2D eigenvalue weighted by molar-refractivity contribution is 9.10. The third-order valence-corrected chi connectivity index (χ3v) is 6.80. The molecule has 0 aliphatic carbocycles. The molecule has 144 valence electrons. The van der Waals surface area contributed by atoms with Crippen LogP contribution in [0.5, 0.6) is 0 Å². The summed E-state index contributed by atoms with van der Waals surface area (Å²) in [6, 6.07) is 9.14. The summed E-state index contributed by atoms with van der Waals surface area (Å²) in [6.45, 7) is 0.320. The Kier molecular flexibility index (Phi) is 5.92. The molecule has 1 fully saturated rings. The van der Waals surface area contributed by atoms with Crippen LogP contribution < -0.4 is 5.32 Å². The molecular weight excluding hydrogens is 442 g/mol. The quantitative estimate of drug-likeness (QED) is 0.758. The van der Waals surface area contributed by atoms with Crippen LogP contribution in [-0.4, -0.2) is 31.7 Å². The lowest BCUT2D eigenvalue weighted by molar-refractivity contribution is -0.120. The fraction of sp³-hybridized carbons (Fsp3) is 0.278. The first-order valence-corrected chi connectivity index (χ1v) is 10.5. The fourth-order valence-electron chi connectivity index (χ4n) is 2.96. The summed E-state index contributed by atoms with van der Waals surface area (Å²) >= 11 is 3.26. The van der Waals surface area contributed by atoms with Gasteiger partial charge in [0.15, 0.2) is 0 Å². The largest absolute Gasteiger partial charge is 0.323 e. The van der Waals surface area contributed by atoms with Crippen LogP contribution in [0, 0.1) is 17.6 Å². The molecule has 1 amide bonds. The van der Waals surface area contributed by atoms with Crippen LogP contribution in [0.3, 0.4) is 0 Å². The van der Waals surface area contributed by atoms with Gasteiger partial charge in [-0.2, -0.15) is 4.31 Å². The normalized spacial score (nSPS) is 18.3. The monoisotopic (exact) mass is 458 g/mol. The van der Waals surface area contributed by atoms with Gasteiger partial charge in [-0.1, -0.05) is 15.9 Å². The van der Waals surface area contributed by atoms with Gasteiger partial charge in [-0.25, -0.2) is 17.2 Å². The predicted octanol–water partition coefficient (Wildman–Crippen LogP) is 3.77. The van der Waals surface area contributed by atoms with Crippen molar-refractivity contribution in [1.82, 2.24) is 4.31 Å². The molecule has 5 nitrogen and oxygen atoms in total. The second-order valence-corrected chi connectivity index (χ2v) is 9.12. The van der Waals surface area contributed by atoms with Crippen LogP contribution >= 0.6 is 15.9 Å². The molecule has 0 bridgehead atoms. The number of benzene rings is 2. The summed E-state index contributed by atoms with van der Waals surface area (Å²) < 4.78 is 54.3. The minimum Gasteiger partial charge on any atom is -0.323 e. The minimum absolute atomic E-state index is 0.00699. The van der Waals surface area contributed by atoms with Crippen LogP contribution in [0.2, 0.25) is 0 Å². The number of nitrogens with zero attached hydrogens (tertiary/aromatic N) is 1. The van der Waals surface area contributed by atoms with E-state index >= 15 is 0 Å². The first-order valence-electron chi connectivity index (χ1n) is 8.29. The van der Waals surface area contributed by atoms with Crippen molar-refractivity contribution in [1.29, 1.82) is 0 Å². The van der Waals surface area contributed by atoms with E-state index in [1.54, 1.807) is 12.1 Å². The third kappa shape index (κ3) is 4.53. The van der Waals surface area contributed by atoms with Gasteiger partial charge in [0.25, 0.3) is 0 Å². The number of nitrogens with one attached hydrogen (secondary N) is 1. The maximum Gasteiger partial charge on any atom is 0.243 e. The lowest BCUT2D eigenvalue weighted by atomic mass is 9.98. The van der Waals surface area contributed by atoms with Gasteiger partial charge in [0.2, 0.25) is 15.9 Å². The molecule has 2 aromatic rings. The van der Waals surface area contributed by atoms with E-state index in [-0.39, 0.29) is 17.1 Å². The average molecular weight is 459 g/mol. The van der Waals surface area contributed by atoms with E-state index in [1.807, 2.05) is 0 Å². The lowest BCUT2D eigenvalue weighted by Gasteiger charge is -2.31. The Morgan fingerprint density at radius 1 is 1.15 bits per heavy atom. The van der Waals surface area contributed by atoms with Crippen molar-refractivity contribution in [3.05, 3.63) is 58.6 Å². The molecule has 0 saturated carbocycles. The maximum absolute atomic E-state index is 13.7. The van der Waals surface area contributed by atoms with Crippen molar-refractivity contribution in [2.45, 2.75) is 17.7 Å². The Morgan fingerprint density at radius 3 is 2.52 bits per heavy atom. The summed E-state index contributed by atoms with van der Waals surface area (Å²) in [5.41, 5.74) is -0.130. The molecule has 0 unspecified atom stereocenters. The zero-order valence-corrected chi connectivity index (χ0v) is 16.6. The molecule has 0 aromatic heterocycles. The first-order chi connectivity index (χ1) is 12.8. The molecule has 1 atom stereocenters. The minimum atomic E-state index is -3.72. The Hall–Kier alpha value is -1.84. The summed E-state index contributed by atoms with van der Waals surface area (Å²) in [4.78, 5) is 12.6. The number of rotatable bonds is 4. The number of amides is 1. The van der Waals surface area contributed by atoms with Crippen molar-refractivity contribution in [2.75, 3.05) is 18.4 Å². The van der Waals surface area contributed by atoms with E-state index in [0.717, 1.165) is 16.6 Å².